The normalized spacial score (nSPS) is 24.5. The topological polar surface area (TPSA) is 26.5 Å². The summed E-state index contributed by atoms with van der Waals surface area (Å²) in [5, 5.41) is 11.7. The summed E-state index contributed by atoms with van der Waals surface area (Å²) in [5.41, 5.74) is 1.04. The number of anilines is 1. The van der Waals surface area contributed by atoms with Crippen LogP contribution in [-0.4, -0.2) is 28.6 Å². The van der Waals surface area contributed by atoms with Crippen LogP contribution < -0.4 is 4.90 Å². The van der Waals surface area contributed by atoms with E-state index in [1.54, 1.807) is 0 Å². The summed E-state index contributed by atoms with van der Waals surface area (Å²) in [5.74, 6) is 1.26. The molecule has 2 aliphatic heterocycles. The van der Waals surface area contributed by atoms with E-state index in [9.17, 15) is 5.11 Å². The van der Waals surface area contributed by atoms with E-state index in [0.717, 1.165) is 24.2 Å². The molecule has 0 unspecified atom stereocenters. The molecule has 2 heterocycles. The minimum atomic E-state index is -0.991. The molecule has 3 nitrogen and oxygen atoms in total. The van der Waals surface area contributed by atoms with Crippen LogP contribution >= 0.6 is 0 Å². The molecule has 0 saturated heterocycles. The van der Waals surface area contributed by atoms with E-state index in [1.165, 1.54) is 25.1 Å². The van der Waals surface area contributed by atoms with Gasteiger partial charge in [-0.25, -0.2) is 0 Å². The predicted octanol–water partition coefficient (Wildman–Crippen LogP) is 3.34. The molecule has 1 N–H and O–H groups in total. The monoisotopic (exact) mass is 307 g/mol. The first-order valence-corrected chi connectivity index (χ1v) is 8.53. The third-order valence-corrected chi connectivity index (χ3v) is 4.98. The van der Waals surface area contributed by atoms with Crippen molar-refractivity contribution in [2.24, 2.45) is 0 Å². The smallest absolute Gasteiger partial charge is 0.275 e. The second kappa shape index (κ2) is 5.82. The number of amidine groups is 1. The average Bonchev–Trinajstić information content (AvgIpc) is 2.73. The van der Waals surface area contributed by atoms with E-state index in [4.69, 9.17) is 0 Å². The maximum atomic E-state index is 11.7. The number of hydrogen-bond acceptors (Lipinski definition) is 2. The van der Waals surface area contributed by atoms with E-state index >= 15 is 0 Å². The van der Waals surface area contributed by atoms with E-state index < -0.39 is 5.72 Å². The molecule has 0 saturated carbocycles. The lowest BCUT2D eigenvalue weighted by molar-refractivity contribution is -0.534. The van der Waals surface area contributed by atoms with Crippen molar-refractivity contribution in [3.8, 4) is 0 Å². The highest BCUT2D eigenvalue weighted by Crippen LogP contribution is 2.37. The van der Waals surface area contributed by atoms with Gasteiger partial charge in [0.1, 0.15) is 5.69 Å². The number of aliphatic hydroxyl groups is 1. The molecule has 0 aromatic heterocycles. The summed E-state index contributed by atoms with van der Waals surface area (Å²) in [6.07, 6.45) is 4.70. The van der Waals surface area contributed by atoms with Gasteiger partial charge in [-0.3, -0.25) is 4.58 Å². The zero-order valence-electron chi connectivity index (χ0n) is 13.4. The minimum absolute atomic E-state index is 0.640. The van der Waals surface area contributed by atoms with Crippen molar-refractivity contribution in [3.05, 3.63) is 66.2 Å². The van der Waals surface area contributed by atoms with Crippen LogP contribution in [0.2, 0.25) is 0 Å². The molecule has 2 aromatic carbocycles. The fraction of sp³-hybridized carbons (Fsp3) is 0.350. The first-order valence-electron chi connectivity index (χ1n) is 8.53. The largest absolute Gasteiger partial charge is 0.346 e. The molecule has 2 aliphatic rings. The maximum Gasteiger partial charge on any atom is 0.275 e. The van der Waals surface area contributed by atoms with Crippen molar-refractivity contribution in [2.75, 3.05) is 18.0 Å². The van der Waals surface area contributed by atoms with Crippen molar-refractivity contribution in [2.45, 2.75) is 31.4 Å². The summed E-state index contributed by atoms with van der Waals surface area (Å²) in [7, 11) is 0. The fourth-order valence-electron chi connectivity index (χ4n) is 3.89. The molecule has 2 aromatic rings. The zero-order chi connectivity index (χ0) is 15.7. The molecule has 0 bridgehead atoms. The van der Waals surface area contributed by atoms with Gasteiger partial charge >= 0.3 is 0 Å². The first kappa shape index (κ1) is 14.5. The van der Waals surface area contributed by atoms with Crippen LogP contribution in [-0.2, 0) is 5.72 Å². The van der Waals surface area contributed by atoms with Gasteiger partial charge < -0.3 is 5.11 Å². The molecule has 1 atom stereocenters. The van der Waals surface area contributed by atoms with Crippen molar-refractivity contribution in [3.63, 3.8) is 0 Å². The Balaban J connectivity index is 1.84. The Labute approximate surface area is 137 Å². The average molecular weight is 307 g/mol. The Bertz CT molecular complexity index is 711. The zero-order valence-corrected chi connectivity index (χ0v) is 13.4. The van der Waals surface area contributed by atoms with E-state index in [2.05, 4.69) is 21.6 Å². The third kappa shape index (κ3) is 2.45. The van der Waals surface area contributed by atoms with Gasteiger partial charge in [0, 0.05) is 12.0 Å². The SMILES string of the molecule is O[C@@]1(c2ccccc2)C[N+]2=C(CCCCC2)N1c1ccccc1. The molecule has 118 valence electrons. The van der Waals surface area contributed by atoms with Gasteiger partial charge in [-0.1, -0.05) is 48.5 Å². The summed E-state index contributed by atoms with van der Waals surface area (Å²) >= 11 is 0. The van der Waals surface area contributed by atoms with Crippen molar-refractivity contribution < 1.29 is 9.68 Å². The lowest BCUT2D eigenvalue weighted by Crippen LogP contribution is -2.47. The highest BCUT2D eigenvalue weighted by atomic mass is 16.3. The molecule has 0 fully saturated rings. The second-order valence-electron chi connectivity index (χ2n) is 6.50. The molecule has 0 amide bonds. The van der Waals surface area contributed by atoms with Gasteiger partial charge in [0.2, 0.25) is 0 Å². The summed E-state index contributed by atoms with van der Waals surface area (Å²) < 4.78 is 2.38. The van der Waals surface area contributed by atoms with Gasteiger partial charge in [-0.05, 0) is 31.4 Å². The first-order chi connectivity index (χ1) is 11.3. The van der Waals surface area contributed by atoms with E-state index in [-0.39, 0.29) is 0 Å². The van der Waals surface area contributed by atoms with Gasteiger partial charge in [0.25, 0.3) is 11.6 Å². The van der Waals surface area contributed by atoms with Gasteiger partial charge in [-0.15, -0.1) is 0 Å². The number of para-hydroxylation sites is 1. The molecule has 4 rings (SSSR count). The summed E-state index contributed by atoms with van der Waals surface area (Å²) in [4.78, 5) is 2.16. The lowest BCUT2D eigenvalue weighted by atomic mass is 10.00. The van der Waals surface area contributed by atoms with E-state index in [0.29, 0.717) is 6.54 Å². The van der Waals surface area contributed by atoms with Crippen molar-refractivity contribution >= 4 is 11.5 Å². The van der Waals surface area contributed by atoms with Crippen molar-refractivity contribution in [1.82, 2.24) is 0 Å². The summed E-state index contributed by atoms with van der Waals surface area (Å²) in [6.45, 7) is 1.68. The van der Waals surface area contributed by atoms with E-state index in [1.807, 2.05) is 48.5 Å². The van der Waals surface area contributed by atoms with Crippen LogP contribution in [0.4, 0.5) is 5.69 Å². The van der Waals surface area contributed by atoms with Gasteiger partial charge in [-0.2, -0.15) is 4.90 Å². The number of rotatable bonds is 2. The Morgan fingerprint density at radius 1 is 0.870 bits per heavy atom. The molecule has 0 spiro atoms. The Kier molecular flexibility index (Phi) is 3.66. The van der Waals surface area contributed by atoms with Crippen LogP contribution in [0, 0.1) is 0 Å². The van der Waals surface area contributed by atoms with Crippen LogP contribution in [0.25, 0.3) is 0 Å². The molecule has 0 radical (unpaired) electrons. The molecule has 3 heteroatoms. The molecule has 23 heavy (non-hydrogen) atoms. The third-order valence-electron chi connectivity index (χ3n) is 4.98. The van der Waals surface area contributed by atoms with Gasteiger partial charge in [0.05, 0.1) is 6.54 Å². The Hall–Kier alpha value is -2.13. The maximum absolute atomic E-state index is 11.7. The highest BCUT2D eigenvalue weighted by Gasteiger charge is 2.53. The lowest BCUT2D eigenvalue weighted by Gasteiger charge is -2.29. The van der Waals surface area contributed by atoms with Crippen LogP contribution in [0.1, 0.15) is 31.2 Å². The standard InChI is InChI=1S/C20H23N2O/c23-20(17-10-4-1-5-11-17)16-21-15-9-3-8-14-19(21)22(20)18-12-6-2-7-13-18/h1-2,4-7,10-13,23H,3,8-9,14-16H2/q+1/t20-/m1/s1. The van der Waals surface area contributed by atoms with Crippen LogP contribution in [0.5, 0.6) is 0 Å². The molecule has 0 aliphatic carbocycles. The van der Waals surface area contributed by atoms with Crippen LogP contribution in [0.15, 0.2) is 60.7 Å². The quantitative estimate of drug-likeness (QED) is 0.861. The molecular formula is C20H23N2O+. The highest BCUT2D eigenvalue weighted by molar-refractivity contribution is 5.97. The Morgan fingerprint density at radius 3 is 2.30 bits per heavy atom. The Morgan fingerprint density at radius 2 is 1.57 bits per heavy atom. The number of hydrogen-bond donors (Lipinski definition) is 1. The van der Waals surface area contributed by atoms with Crippen LogP contribution in [0.3, 0.4) is 0 Å². The molecular weight excluding hydrogens is 284 g/mol. The predicted molar refractivity (Wildman–Crippen MR) is 92.7 cm³/mol. The minimum Gasteiger partial charge on any atom is -0.346 e. The summed E-state index contributed by atoms with van der Waals surface area (Å²) in [6, 6.07) is 20.4. The number of nitrogens with zero attached hydrogens (tertiary/aromatic N) is 2. The second-order valence-corrected chi connectivity index (χ2v) is 6.50. The van der Waals surface area contributed by atoms with Gasteiger partial charge in [0.15, 0.2) is 6.54 Å². The number of benzene rings is 2. The van der Waals surface area contributed by atoms with Crippen molar-refractivity contribution in [1.29, 1.82) is 0 Å². The fourth-order valence-corrected chi connectivity index (χ4v) is 3.89.